The molecule has 198 valence electrons. The predicted molar refractivity (Wildman–Crippen MR) is 134 cm³/mol. The number of amides is 1. The lowest BCUT2D eigenvalue weighted by molar-refractivity contribution is -0.169. The number of rotatable bonds is 3. The molecule has 0 unspecified atom stereocenters. The van der Waals surface area contributed by atoms with E-state index in [9.17, 15) is 39.9 Å². The highest BCUT2D eigenvalue weighted by atomic mass is 16.4. The Bertz CT molecular complexity index is 1460. The highest BCUT2D eigenvalue weighted by Crippen LogP contribution is 2.55. The molecule has 11 heteroatoms. The number of carbonyl (C=O) groups excluding carboxylic acids is 3. The molecule has 3 aliphatic rings. The minimum Gasteiger partial charge on any atom is -0.508 e. The van der Waals surface area contributed by atoms with Crippen LogP contribution in [0.2, 0.25) is 0 Å². The van der Waals surface area contributed by atoms with Gasteiger partial charge in [-0.05, 0) is 25.2 Å². The monoisotopic (exact) mass is 521 g/mol. The first-order valence-electron chi connectivity index (χ1n) is 11.8. The third-order valence-electron chi connectivity index (χ3n) is 7.93. The van der Waals surface area contributed by atoms with E-state index in [1.165, 1.54) is 19.0 Å². The van der Waals surface area contributed by atoms with Crippen molar-refractivity contribution in [1.29, 1.82) is 0 Å². The third kappa shape index (κ3) is 3.13. The Morgan fingerprint density at radius 2 is 1.66 bits per heavy atom. The number of fused-ring (bicyclic) bond motifs is 3. The number of benzene rings is 2. The fourth-order valence-corrected chi connectivity index (χ4v) is 6.21. The van der Waals surface area contributed by atoms with E-state index in [0.717, 1.165) is 0 Å². The molecule has 3 aliphatic carbocycles. The van der Waals surface area contributed by atoms with Crippen LogP contribution in [0.3, 0.4) is 0 Å². The van der Waals surface area contributed by atoms with Crippen LogP contribution < -0.4 is 11.5 Å². The number of aliphatic hydroxyl groups excluding tert-OH is 3. The van der Waals surface area contributed by atoms with Crippen LogP contribution in [0.4, 0.5) is 0 Å². The van der Waals surface area contributed by atoms with Gasteiger partial charge in [-0.15, -0.1) is 0 Å². The molecule has 9 N–H and O–H groups in total. The maximum atomic E-state index is 14.0. The van der Waals surface area contributed by atoms with Gasteiger partial charge in [0.2, 0.25) is 5.78 Å². The number of carbonyl (C=O) groups is 3. The van der Waals surface area contributed by atoms with Crippen LogP contribution in [0.25, 0.3) is 16.9 Å². The molecule has 1 amide bonds. The number of nitrogens with zero attached hydrogens (tertiary/aromatic N) is 1. The number of ketones is 2. The number of Topliss-reactive ketones (excluding diaryl/α,β-unsaturated/α-hetero) is 2. The van der Waals surface area contributed by atoms with Crippen LogP contribution in [0.5, 0.6) is 5.75 Å². The van der Waals surface area contributed by atoms with Crippen molar-refractivity contribution in [3.63, 3.8) is 0 Å². The van der Waals surface area contributed by atoms with Gasteiger partial charge in [-0.2, -0.15) is 0 Å². The first kappa shape index (κ1) is 25.6. The van der Waals surface area contributed by atoms with Crippen LogP contribution in [-0.2, 0) is 14.4 Å². The summed E-state index contributed by atoms with van der Waals surface area (Å²) in [5.74, 6) is -9.03. The first-order valence-corrected chi connectivity index (χ1v) is 11.8. The van der Waals surface area contributed by atoms with Crippen LogP contribution in [0, 0.1) is 11.8 Å². The van der Waals surface area contributed by atoms with E-state index in [1.807, 2.05) is 0 Å². The average molecular weight is 522 g/mol. The topological polar surface area (TPSA) is 208 Å². The summed E-state index contributed by atoms with van der Waals surface area (Å²) in [6.07, 6.45) is -1.75. The van der Waals surface area contributed by atoms with E-state index in [-0.39, 0.29) is 16.9 Å². The molecular weight excluding hydrogens is 494 g/mol. The van der Waals surface area contributed by atoms with Gasteiger partial charge in [-0.3, -0.25) is 19.3 Å². The quantitative estimate of drug-likeness (QED) is 0.270. The Hall–Kier alpha value is -4.03. The number of likely N-dealkylation sites (N-methyl/N-ethyl adjacent to an activating group) is 1. The van der Waals surface area contributed by atoms with Gasteiger partial charge < -0.3 is 37.0 Å². The molecule has 38 heavy (non-hydrogen) atoms. The molecule has 0 saturated heterocycles. The summed E-state index contributed by atoms with van der Waals surface area (Å²) in [7, 11) is 2.87. The molecule has 5 rings (SSSR count). The minimum absolute atomic E-state index is 0.164. The number of phenols is 1. The lowest BCUT2D eigenvalue weighted by atomic mass is 9.55. The lowest BCUT2D eigenvalue weighted by Gasteiger charge is -2.53. The van der Waals surface area contributed by atoms with Gasteiger partial charge in [0.1, 0.15) is 22.8 Å². The van der Waals surface area contributed by atoms with E-state index < -0.39 is 75.8 Å². The molecule has 0 spiro atoms. The molecule has 0 bridgehead atoms. The SMILES string of the molecule is CN(C)[C@@H]1C(=O)C(C(N)=O)=C(O)[C@@]2(O)C(=O)C3=C(O)c4c(ccc(-c5ccccc5)c4O)[C@H](N)[C@H]3[C@H](O)[C@@H]12. The molecule has 2 aromatic carbocycles. The van der Waals surface area contributed by atoms with E-state index >= 15 is 0 Å². The van der Waals surface area contributed by atoms with E-state index in [1.54, 1.807) is 42.5 Å². The molecule has 0 radical (unpaired) electrons. The molecule has 0 heterocycles. The van der Waals surface area contributed by atoms with Crippen molar-refractivity contribution in [2.24, 2.45) is 23.3 Å². The number of nitrogens with two attached hydrogens (primary N) is 2. The van der Waals surface area contributed by atoms with Gasteiger partial charge in [-0.25, -0.2) is 0 Å². The minimum atomic E-state index is -2.99. The largest absolute Gasteiger partial charge is 0.508 e. The second kappa shape index (κ2) is 8.50. The number of phenolic OH excluding ortho intramolecular Hbond substituents is 1. The number of aliphatic hydroxyl groups is 4. The number of primary amides is 1. The third-order valence-corrected chi connectivity index (χ3v) is 7.93. The second-order valence-electron chi connectivity index (χ2n) is 10.1. The average Bonchev–Trinajstić information content (AvgIpc) is 2.86. The van der Waals surface area contributed by atoms with E-state index in [4.69, 9.17) is 11.5 Å². The standard InChI is InChI=1S/C27H27N3O8/c1-30(2)19-17-22(33)14-15(24(35)27(17,38)25(36)16(23(19)34)26(29)37)21(32)13-12(18(14)28)9-8-11(20(13)31)10-6-4-3-5-7-10/h3-9,14,17-19,22,31-33,36,38H,28H2,1-2H3,(H2,29,37)/t14-,17+,18-,19-,22-,27-/m0/s1. The van der Waals surface area contributed by atoms with Gasteiger partial charge >= 0.3 is 0 Å². The van der Waals surface area contributed by atoms with Crippen molar-refractivity contribution in [2.45, 2.75) is 23.8 Å². The van der Waals surface area contributed by atoms with Crippen LogP contribution in [0.1, 0.15) is 17.2 Å². The second-order valence-corrected chi connectivity index (χ2v) is 10.1. The summed E-state index contributed by atoms with van der Waals surface area (Å²) in [6, 6.07) is 9.31. The number of hydrogen-bond acceptors (Lipinski definition) is 10. The molecule has 2 aromatic rings. The smallest absolute Gasteiger partial charge is 0.255 e. The lowest BCUT2D eigenvalue weighted by Crippen LogP contribution is -2.70. The van der Waals surface area contributed by atoms with Crippen molar-refractivity contribution < 1.29 is 39.9 Å². The summed E-state index contributed by atoms with van der Waals surface area (Å²) in [5.41, 5.74) is 8.32. The van der Waals surface area contributed by atoms with Crippen molar-refractivity contribution in [3.05, 3.63) is 70.5 Å². The normalized spacial score (nSPS) is 30.7. The van der Waals surface area contributed by atoms with Gasteiger partial charge in [0.15, 0.2) is 11.4 Å². The van der Waals surface area contributed by atoms with Gasteiger partial charge in [-0.1, -0.05) is 42.5 Å². The maximum Gasteiger partial charge on any atom is 0.255 e. The van der Waals surface area contributed by atoms with E-state index in [2.05, 4.69) is 0 Å². The zero-order valence-corrected chi connectivity index (χ0v) is 20.5. The summed E-state index contributed by atoms with van der Waals surface area (Å²) in [6.45, 7) is 0. The summed E-state index contributed by atoms with van der Waals surface area (Å²) < 4.78 is 0. The van der Waals surface area contributed by atoms with Crippen molar-refractivity contribution >= 4 is 23.2 Å². The van der Waals surface area contributed by atoms with E-state index in [0.29, 0.717) is 11.1 Å². The Morgan fingerprint density at radius 1 is 1.03 bits per heavy atom. The molecule has 1 saturated carbocycles. The zero-order chi connectivity index (χ0) is 27.8. The molecular formula is C27H27N3O8. The zero-order valence-electron chi connectivity index (χ0n) is 20.5. The molecule has 0 aromatic heterocycles. The van der Waals surface area contributed by atoms with Crippen molar-refractivity contribution in [3.8, 4) is 16.9 Å². The highest BCUT2D eigenvalue weighted by Gasteiger charge is 2.68. The predicted octanol–water partition coefficient (Wildman–Crippen LogP) is 0.0591. The maximum absolute atomic E-state index is 14.0. The number of hydrogen-bond donors (Lipinski definition) is 7. The number of aromatic hydroxyl groups is 1. The highest BCUT2D eigenvalue weighted by molar-refractivity contribution is 6.24. The summed E-state index contributed by atoms with van der Waals surface area (Å²) in [5, 5.41) is 56.7. The molecule has 1 fully saturated rings. The van der Waals surface area contributed by atoms with Gasteiger partial charge in [0, 0.05) is 23.1 Å². The van der Waals surface area contributed by atoms with Crippen LogP contribution in [-0.4, -0.2) is 79.7 Å². The van der Waals surface area contributed by atoms with Crippen LogP contribution in [0.15, 0.2) is 59.4 Å². The Balaban J connectivity index is 1.79. The summed E-state index contributed by atoms with van der Waals surface area (Å²) in [4.78, 5) is 40.5. The van der Waals surface area contributed by atoms with Crippen molar-refractivity contribution in [1.82, 2.24) is 4.90 Å². The Labute approximate surface area is 216 Å². The summed E-state index contributed by atoms with van der Waals surface area (Å²) >= 11 is 0. The first-order chi connectivity index (χ1) is 17.8. The fraction of sp³-hybridized carbons (Fsp3) is 0.296. The molecule has 0 aliphatic heterocycles. The van der Waals surface area contributed by atoms with Crippen LogP contribution >= 0.6 is 0 Å². The molecule has 6 atom stereocenters. The van der Waals surface area contributed by atoms with Gasteiger partial charge in [0.25, 0.3) is 5.91 Å². The van der Waals surface area contributed by atoms with Gasteiger partial charge in [0.05, 0.1) is 23.6 Å². The Morgan fingerprint density at radius 3 is 2.24 bits per heavy atom. The molecule has 11 nitrogen and oxygen atoms in total. The fourth-order valence-electron chi connectivity index (χ4n) is 6.21. The Kier molecular flexibility index (Phi) is 5.73. The van der Waals surface area contributed by atoms with Crippen molar-refractivity contribution in [2.75, 3.05) is 14.1 Å².